The van der Waals surface area contributed by atoms with Gasteiger partial charge in [-0.2, -0.15) is 11.8 Å². The number of nitrogens with zero attached hydrogens (tertiary/aromatic N) is 2. The van der Waals surface area contributed by atoms with Crippen molar-refractivity contribution in [2.75, 3.05) is 30.9 Å². The lowest BCUT2D eigenvalue weighted by atomic mass is 10.1. The van der Waals surface area contributed by atoms with E-state index >= 15 is 0 Å². The highest BCUT2D eigenvalue weighted by molar-refractivity contribution is 7.98. The SMILES string of the molecule is CCCNc1ncccc1C(=O)N(C)C(CC)CSC. The van der Waals surface area contributed by atoms with Crippen LogP contribution >= 0.6 is 11.8 Å². The molecule has 1 N–H and O–H groups in total. The summed E-state index contributed by atoms with van der Waals surface area (Å²) in [6.07, 6.45) is 5.75. The minimum atomic E-state index is 0.0394. The second-order valence-corrected chi connectivity index (χ2v) is 5.67. The lowest BCUT2D eigenvalue weighted by molar-refractivity contribution is 0.0744. The monoisotopic (exact) mass is 295 g/mol. The van der Waals surface area contributed by atoms with Crippen LogP contribution in [0.1, 0.15) is 37.0 Å². The molecule has 1 aromatic heterocycles. The summed E-state index contributed by atoms with van der Waals surface area (Å²) in [5.41, 5.74) is 0.656. The third-order valence-corrected chi connectivity index (χ3v) is 4.00. The van der Waals surface area contributed by atoms with Crippen molar-refractivity contribution in [1.82, 2.24) is 9.88 Å². The van der Waals surface area contributed by atoms with Gasteiger partial charge in [0.1, 0.15) is 5.82 Å². The van der Waals surface area contributed by atoms with Crippen LogP contribution in [0.2, 0.25) is 0 Å². The van der Waals surface area contributed by atoms with Crippen molar-refractivity contribution in [3.63, 3.8) is 0 Å². The van der Waals surface area contributed by atoms with Crippen molar-refractivity contribution in [2.45, 2.75) is 32.7 Å². The first kappa shape index (κ1) is 16.8. The summed E-state index contributed by atoms with van der Waals surface area (Å²) in [5, 5.41) is 3.22. The van der Waals surface area contributed by atoms with Gasteiger partial charge in [-0.25, -0.2) is 4.98 Å². The molecule has 0 aliphatic rings. The summed E-state index contributed by atoms with van der Waals surface area (Å²) in [5.74, 6) is 1.68. The number of nitrogens with one attached hydrogen (secondary N) is 1. The number of hydrogen-bond acceptors (Lipinski definition) is 4. The molecule has 1 amide bonds. The van der Waals surface area contributed by atoms with Crippen molar-refractivity contribution >= 4 is 23.5 Å². The first-order valence-corrected chi connectivity index (χ1v) is 8.50. The lowest BCUT2D eigenvalue weighted by Crippen LogP contribution is -2.38. The Morgan fingerprint density at radius 1 is 1.50 bits per heavy atom. The van der Waals surface area contributed by atoms with Crippen LogP contribution in [0.5, 0.6) is 0 Å². The van der Waals surface area contributed by atoms with Gasteiger partial charge < -0.3 is 10.2 Å². The van der Waals surface area contributed by atoms with Gasteiger partial charge in [-0.15, -0.1) is 0 Å². The van der Waals surface area contributed by atoms with E-state index in [2.05, 4.69) is 30.4 Å². The average molecular weight is 295 g/mol. The van der Waals surface area contributed by atoms with Crippen LogP contribution in [0.4, 0.5) is 5.82 Å². The van der Waals surface area contributed by atoms with Crippen molar-refractivity contribution in [3.05, 3.63) is 23.9 Å². The zero-order valence-corrected chi connectivity index (χ0v) is 13.7. The second kappa shape index (κ2) is 8.84. The predicted octanol–water partition coefficient (Wildman–Crippen LogP) is 3.12. The van der Waals surface area contributed by atoms with E-state index in [0.29, 0.717) is 11.4 Å². The van der Waals surface area contributed by atoms with Gasteiger partial charge in [0.05, 0.1) is 5.56 Å². The molecule has 0 bridgehead atoms. The number of rotatable bonds is 8. The molecule has 0 aromatic carbocycles. The topological polar surface area (TPSA) is 45.2 Å². The molecule has 0 radical (unpaired) electrons. The molecule has 0 aliphatic carbocycles. The largest absolute Gasteiger partial charge is 0.369 e. The zero-order chi connectivity index (χ0) is 15.0. The van der Waals surface area contributed by atoms with E-state index in [0.717, 1.165) is 25.1 Å². The average Bonchev–Trinajstić information content (AvgIpc) is 2.49. The van der Waals surface area contributed by atoms with Crippen molar-refractivity contribution < 1.29 is 4.79 Å². The normalized spacial score (nSPS) is 12.0. The molecule has 0 aliphatic heterocycles. The molecule has 1 atom stereocenters. The first-order chi connectivity index (χ1) is 9.65. The van der Waals surface area contributed by atoms with Gasteiger partial charge in [0.25, 0.3) is 5.91 Å². The lowest BCUT2D eigenvalue weighted by Gasteiger charge is -2.27. The molecule has 1 unspecified atom stereocenters. The molecule has 1 aromatic rings. The summed E-state index contributed by atoms with van der Waals surface area (Å²) in [6, 6.07) is 3.92. The second-order valence-electron chi connectivity index (χ2n) is 4.76. The van der Waals surface area contributed by atoms with Gasteiger partial charge in [-0.3, -0.25) is 4.79 Å². The third kappa shape index (κ3) is 4.40. The summed E-state index contributed by atoms with van der Waals surface area (Å²) in [6.45, 7) is 5.03. The Labute approximate surface area is 126 Å². The number of anilines is 1. The molecule has 1 rings (SSSR count). The summed E-state index contributed by atoms with van der Waals surface area (Å²) in [4.78, 5) is 18.8. The van der Waals surface area contributed by atoms with Gasteiger partial charge in [0.2, 0.25) is 0 Å². The van der Waals surface area contributed by atoms with Gasteiger partial charge in [-0.05, 0) is 31.2 Å². The molecule has 20 heavy (non-hydrogen) atoms. The van der Waals surface area contributed by atoms with Crippen LogP contribution < -0.4 is 5.32 Å². The molecular formula is C15H25N3OS. The van der Waals surface area contributed by atoms with Crippen LogP contribution in [0, 0.1) is 0 Å². The maximum Gasteiger partial charge on any atom is 0.257 e. The summed E-state index contributed by atoms with van der Waals surface area (Å²) >= 11 is 1.77. The van der Waals surface area contributed by atoms with Crippen LogP contribution in [0.15, 0.2) is 18.3 Å². The third-order valence-electron chi connectivity index (χ3n) is 3.28. The predicted molar refractivity (Wildman–Crippen MR) is 87.6 cm³/mol. The highest BCUT2D eigenvalue weighted by atomic mass is 32.2. The maximum atomic E-state index is 12.6. The van der Waals surface area contributed by atoms with E-state index < -0.39 is 0 Å². The van der Waals surface area contributed by atoms with E-state index in [9.17, 15) is 4.79 Å². The molecular weight excluding hydrogens is 270 g/mol. The minimum absolute atomic E-state index is 0.0394. The van der Waals surface area contributed by atoms with Crippen molar-refractivity contribution in [3.8, 4) is 0 Å². The van der Waals surface area contributed by atoms with Crippen LogP contribution in [-0.4, -0.2) is 47.4 Å². The van der Waals surface area contributed by atoms with E-state index in [4.69, 9.17) is 0 Å². The summed E-state index contributed by atoms with van der Waals surface area (Å²) < 4.78 is 0. The Kier molecular flexibility index (Phi) is 7.44. The number of hydrogen-bond donors (Lipinski definition) is 1. The molecule has 1 heterocycles. The molecule has 0 saturated heterocycles. The highest BCUT2D eigenvalue weighted by Crippen LogP contribution is 2.17. The standard InChI is InChI=1S/C15H25N3OS/c1-5-9-16-14-13(8-7-10-17-14)15(19)18(3)12(6-2)11-20-4/h7-8,10,12H,5-6,9,11H2,1-4H3,(H,16,17). The Morgan fingerprint density at radius 2 is 2.25 bits per heavy atom. The summed E-state index contributed by atoms with van der Waals surface area (Å²) in [7, 11) is 1.88. The fourth-order valence-electron chi connectivity index (χ4n) is 2.01. The van der Waals surface area contributed by atoms with E-state index in [1.807, 2.05) is 24.1 Å². The number of aromatic nitrogens is 1. The molecule has 5 heteroatoms. The Bertz CT molecular complexity index is 425. The fourth-order valence-corrected chi connectivity index (χ4v) is 2.86. The van der Waals surface area contributed by atoms with Gasteiger partial charge in [-0.1, -0.05) is 13.8 Å². The minimum Gasteiger partial charge on any atom is -0.369 e. The smallest absolute Gasteiger partial charge is 0.257 e. The molecule has 4 nitrogen and oxygen atoms in total. The number of pyridine rings is 1. The van der Waals surface area contributed by atoms with Crippen LogP contribution in [0.25, 0.3) is 0 Å². The maximum absolute atomic E-state index is 12.6. The highest BCUT2D eigenvalue weighted by Gasteiger charge is 2.21. The number of thioether (sulfide) groups is 1. The van der Waals surface area contributed by atoms with Gasteiger partial charge in [0.15, 0.2) is 0 Å². The van der Waals surface area contributed by atoms with Gasteiger partial charge >= 0.3 is 0 Å². The zero-order valence-electron chi connectivity index (χ0n) is 12.8. The molecule has 112 valence electrons. The Morgan fingerprint density at radius 3 is 2.85 bits per heavy atom. The number of carbonyl (C=O) groups excluding carboxylic acids is 1. The molecule has 0 saturated carbocycles. The Balaban J connectivity index is 2.90. The van der Waals surface area contributed by atoms with E-state index in [1.165, 1.54) is 0 Å². The molecule has 0 spiro atoms. The number of amides is 1. The fraction of sp³-hybridized carbons (Fsp3) is 0.600. The van der Waals surface area contributed by atoms with Crippen LogP contribution in [0.3, 0.4) is 0 Å². The quantitative estimate of drug-likeness (QED) is 0.800. The van der Waals surface area contributed by atoms with Crippen molar-refractivity contribution in [1.29, 1.82) is 0 Å². The van der Waals surface area contributed by atoms with E-state index in [-0.39, 0.29) is 11.9 Å². The van der Waals surface area contributed by atoms with Crippen LogP contribution in [-0.2, 0) is 0 Å². The molecule has 0 fully saturated rings. The first-order valence-electron chi connectivity index (χ1n) is 7.10. The number of carbonyl (C=O) groups is 1. The van der Waals surface area contributed by atoms with Gasteiger partial charge in [0, 0.05) is 31.6 Å². The Hall–Kier alpha value is -1.23. The van der Waals surface area contributed by atoms with E-state index in [1.54, 1.807) is 18.0 Å². The van der Waals surface area contributed by atoms with Crippen molar-refractivity contribution in [2.24, 2.45) is 0 Å².